The fourth-order valence-corrected chi connectivity index (χ4v) is 2.83. The summed E-state index contributed by atoms with van der Waals surface area (Å²) in [5.74, 6) is -0.434. The molecule has 1 fully saturated rings. The highest BCUT2D eigenvalue weighted by Gasteiger charge is 2.44. The molecule has 0 saturated heterocycles. The molecule has 0 spiro atoms. The molecule has 1 N–H and O–H groups in total. The van der Waals surface area contributed by atoms with Gasteiger partial charge in [-0.05, 0) is 30.5 Å². The lowest BCUT2D eigenvalue weighted by molar-refractivity contribution is -0.142. The van der Waals surface area contributed by atoms with E-state index < -0.39 is 18.6 Å². The number of rotatable bonds is 5. The molecule has 1 aliphatic rings. The van der Waals surface area contributed by atoms with Crippen molar-refractivity contribution in [2.75, 3.05) is 6.54 Å². The molecule has 0 atom stereocenters. The van der Waals surface area contributed by atoms with E-state index in [4.69, 9.17) is 11.6 Å². The Balaban J connectivity index is 1.62. The van der Waals surface area contributed by atoms with Crippen molar-refractivity contribution in [3.05, 3.63) is 52.8 Å². The molecule has 8 heteroatoms. The van der Waals surface area contributed by atoms with Crippen LogP contribution in [0.1, 0.15) is 28.8 Å². The second-order valence-corrected chi connectivity index (χ2v) is 6.45. The van der Waals surface area contributed by atoms with Gasteiger partial charge in [-0.25, -0.2) is 0 Å². The highest BCUT2D eigenvalue weighted by Crippen LogP contribution is 2.48. The van der Waals surface area contributed by atoms with Gasteiger partial charge in [-0.3, -0.25) is 9.48 Å². The van der Waals surface area contributed by atoms with Crippen molar-refractivity contribution in [3.63, 3.8) is 0 Å². The third-order valence-corrected chi connectivity index (χ3v) is 4.35. The standard InChI is InChI=1S/C16H15ClF3N3O/c17-13-3-1-2-12(6-13)15(4-5-15)9-21-14(24)11-7-22-23(8-11)10-16(18,19)20/h1-3,6-8H,4-5,9-10H2,(H,21,24). The summed E-state index contributed by atoms with van der Waals surface area (Å²) >= 11 is 6.00. The molecule has 2 aromatic rings. The number of carbonyl (C=O) groups excluding carboxylic acids is 1. The zero-order valence-corrected chi connectivity index (χ0v) is 13.4. The van der Waals surface area contributed by atoms with Crippen molar-refractivity contribution in [2.24, 2.45) is 0 Å². The minimum Gasteiger partial charge on any atom is -0.351 e. The van der Waals surface area contributed by atoms with Crippen LogP contribution in [0.2, 0.25) is 5.02 Å². The van der Waals surface area contributed by atoms with E-state index in [0.29, 0.717) is 16.2 Å². The smallest absolute Gasteiger partial charge is 0.351 e. The SMILES string of the molecule is O=C(NCC1(c2cccc(Cl)c2)CC1)c1cnn(CC(F)(F)F)c1. The fraction of sp³-hybridized carbons (Fsp3) is 0.375. The number of nitrogens with zero attached hydrogens (tertiary/aromatic N) is 2. The Morgan fingerprint density at radius 1 is 1.38 bits per heavy atom. The van der Waals surface area contributed by atoms with Crippen molar-refractivity contribution >= 4 is 17.5 Å². The lowest BCUT2D eigenvalue weighted by Crippen LogP contribution is -2.32. The first-order valence-electron chi connectivity index (χ1n) is 7.41. The Bertz CT molecular complexity index is 753. The largest absolute Gasteiger partial charge is 0.408 e. The van der Waals surface area contributed by atoms with Gasteiger partial charge in [0, 0.05) is 23.2 Å². The average molecular weight is 358 g/mol. The summed E-state index contributed by atoms with van der Waals surface area (Å²) in [7, 11) is 0. The van der Waals surface area contributed by atoms with E-state index in [0.717, 1.165) is 30.8 Å². The van der Waals surface area contributed by atoms with Gasteiger partial charge in [0.25, 0.3) is 5.91 Å². The molecule has 1 saturated carbocycles. The number of aromatic nitrogens is 2. The van der Waals surface area contributed by atoms with E-state index >= 15 is 0 Å². The van der Waals surface area contributed by atoms with Gasteiger partial charge in [0.15, 0.2) is 0 Å². The lowest BCUT2D eigenvalue weighted by atomic mass is 9.96. The average Bonchev–Trinajstić information content (AvgIpc) is 3.16. The van der Waals surface area contributed by atoms with E-state index in [-0.39, 0.29) is 11.0 Å². The monoisotopic (exact) mass is 357 g/mol. The van der Waals surface area contributed by atoms with Gasteiger partial charge < -0.3 is 5.32 Å². The van der Waals surface area contributed by atoms with Crippen LogP contribution in [0, 0.1) is 0 Å². The van der Waals surface area contributed by atoms with Gasteiger partial charge in [0.1, 0.15) is 6.54 Å². The molecule has 4 nitrogen and oxygen atoms in total. The molecular formula is C16H15ClF3N3O. The molecule has 0 aliphatic heterocycles. The van der Waals surface area contributed by atoms with Crippen LogP contribution < -0.4 is 5.32 Å². The third-order valence-electron chi connectivity index (χ3n) is 4.11. The first-order chi connectivity index (χ1) is 11.3. The van der Waals surface area contributed by atoms with Crippen LogP contribution in [0.5, 0.6) is 0 Å². The van der Waals surface area contributed by atoms with Gasteiger partial charge in [-0.2, -0.15) is 18.3 Å². The van der Waals surface area contributed by atoms with Crippen molar-refractivity contribution < 1.29 is 18.0 Å². The van der Waals surface area contributed by atoms with Crippen LogP contribution in [-0.4, -0.2) is 28.4 Å². The summed E-state index contributed by atoms with van der Waals surface area (Å²) in [5, 5.41) is 6.99. The summed E-state index contributed by atoms with van der Waals surface area (Å²) in [6.45, 7) is -0.802. The molecule has 0 radical (unpaired) electrons. The Kier molecular flexibility index (Phi) is 4.29. The van der Waals surface area contributed by atoms with E-state index in [9.17, 15) is 18.0 Å². The summed E-state index contributed by atoms with van der Waals surface area (Å²) in [5.41, 5.74) is 1.03. The topological polar surface area (TPSA) is 46.9 Å². The van der Waals surface area contributed by atoms with E-state index in [1.165, 1.54) is 0 Å². The number of amides is 1. The molecule has 24 heavy (non-hydrogen) atoms. The summed E-state index contributed by atoms with van der Waals surface area (Å²) in [6.07, 6.45) is -0.270. The van der Waals surface area contributed by atoms with Crippen LogP contribution in [0.4, 0.5) is 13.2 Å². The van der Waals surface area contributed by atoms with Crippen LogP contribution in [0.15, 0.2) is 36.7 Å². The van der Waals surface area contributed by atoms with Crippen LogP contribution in [0.25, 0.3) is 0 Å². The Labute approximate surface area is 141 Å². The summed E-state index contributed by atoms with van der Waals surface area (Å²) in [6, 6.07) is 7.49. The quantitative estimate of drug-likeness (QED) is 0.889. The highest BCUT2D eigenvalue weighted by molar-refractivity contribution is 6.30. The molecule has 1 aromatic heterocycles. The van der Waals surface area contributed by atoms with Crippen molar-refractivity contribution in [2.45, 2.75) is 31.0 Å². The summed E-state index contributed by atoms with van der Waals surface area (Å²) in [4.78, 5) is 12.1. The number of alkyl halides is 3. The predicted octanol–water partition coefficient (Wildman–Crippen LogP) is 3.56. The second kappa shape index (κ2) is 6.12. The lowest BCUT2D eigenvalue weighted by Gasteiger charge is -2.16. The Hall–Kier alpha value is -2.02. The van der Waals surface area contributed by atoms with Crippen LogP contribution in [0.3, 0.4) is 0 Å². The van der Waals surface area contributed by atoms with Crippen molar-refractivity contribution in [1.29, 1.82) is 0 Å². The van der Waals surface area contributed by atoms with Gasteiger partial charge in [0.05, 0.1) is 11.8 Å². The summed E-state index contributed by atoms with van der Waals surface area (Å²) < 4.78 is 37.6. The third kappa shape index (κ3) is 3.90. The van der Waals surface area contributed by atoms with Gasteiger partial charge in [-0.15, -0.1) is 0 Å². The van der Waals surface area contributed by atoms with Gasteiger partial charge in [0.2, 0.25) is 0 Å². The number of halogens is 4. The normalized spacial score (nSPS) is 16.0. The van der Waals surface area contributed by atoms with Crippen molar-refractivity contribution in [1.82, 2.24) is 15.1 Å². The molecule has 1 amide bonds. The van der Waals surface area contributed by atoms with E-state index in [1.54, 1.807) is 6.07 Å². The first-order valence-corrected chi connectivity index (χ1v) is 7.79. The number of hydrogen-bond donors (Lipinski definition) is 1. The van der Waals surface area contributed by atoms with Crippen LogP contribution >= 0.6 is 11.6 Å². The molecule has 0 bridgehead atoms. The second-order valence-electron chi connectivity index (χ2n) is 6.02. The molecule has 0 unspecified atom stereocenters. The van der Waals surface area contributed by atoms with Gasteiger partial charge in [-0.1, -0.05) is 23.7 Å². The first kappa shape index (κ1) is 16.8. The zero-order chi connectivity index (χ0) is 17.4. The number of hydrogen-bond acceptors (Lipinski definition) is 2. The molecule has 3 rings (SSSR count). The number of benzene rings is 1. The van der Waals surface area contributed by atoms with Crippen LogP contribution in [-0.2, 0) is 12.0 Å². The number of carbonyl (C=O) groups is 1. The van der Waals surface area contributed by atoms with E-state index in [2.05, 4.69) is 10.4 Å². The van der Waals surface area contributed by atoms with Crippen molar-refractivity contribution in [3.8, 4) is 0 Å². The highest BCUT2D eigenvalue weighted by atomic mass is 35.5. The maximum atomic E-state index is 12.3. The fourth-order valence-electron chi connectivity index (χ4n) is 2.64. The minimum atomic E-state index is -4.37. The molecule has 1 aliphatic carbocycles. The molecule has 1 heterocycles. The zero-order valence-electron chi connectivity index (χ0n) is 12.6. The Morgan fingerprint density at radius 3 is 2.75 bits per heavy atom. The molecular weight excluding hydrogens is 343 g/mol. The maximum absolute atomic E-state index is 12.3. The minimum absolute atomic E-state index is 0.112. The predicted molar refractivity (Wildman–Crippen MR) is 83.0 cm³/mol. The van der Waals surface area contributed by atoms with Gasteiger partial charge >= 0.3 is 6.18 Å². The number of nitrogens with one attached hydrogen (secondary N) is 1. The molecule has 1 aromatic carbocycles. The maximum Gasteiger partial charge on any atom is 0.408 e. The Morgan fingerprint density at radius 2 is 2.12 bits per heavy atom. The molecule has 128 valence electrons. The van der Waals surface area contributed by atoms with E-state index in [1.807, 2.05) is 18.2 Å².